The van der Waals surface area contributed by atoms with Crippen molar-refractivity contribution >= 4 is 5.78 Å². The van der Waals surface area contributed by atoms with Gasteiger partial charge in [-0.15, -0.1) is 0 Å². The fourth-order valence-electron chi connectivity index (χ4n) is 7.40. The highest BCUT2D eigenvalue weighted by molar-refractivity contribution is 5.87. The van der Waals surface area contributed by atoms with Gasteiger partial charge >= 0.3 is 0 Å². The minimum absolute atomic E-state index is 0.0119. The van der Waals surface area contributed by atoms with Crippen LogP contribution in [-0.2, 0) is 9.53 Å². The standard InChI is InChI=1S/C21H34O4/c1-20-8-7-16-14(15(20)5-6-19(20)24)4-3-13-11-17(23)18(25-10-9-22)12-21(13,16)2/h13-18,22-23H,3-12H2,1-2H3/t13-,14-,15-,16-,17-,18+,20-,21-/m0/s1. The molecule has 4 fully saturated rings. The van der Waals surface area contributed by atoms with Crippen LogP contribution in [0, 0.1) is 34.5 Å². The van der Waals surface area contributed by atoms with Crippen molar-refractivity contribution in [2.45, 2.75) is 77.4 Å². The Balaban J connectivity index is 1.58. The van der Waals surface area contributed by atoms with Gasteiger partial charge in [0, 0.05) is 11.8 Å². The topological polar surface area (TPSA) is 66.8 Å². The lowest BCUT2D eigenvalue weighted by Gasteiger charge is -2.61. The molecule has 25 heavy (non-hydrogen) atoms. The van der Waals surface area contributed by atoms with Crippen molar-refractivity contribution in [3.05, 3.63) is 0 Å². The van der Waals surface area contributed by atoms with Crippen LogP contribution in [-0.4, -0.2) is 41.4 Å². The molecule has 2 N–H and O–H groups in total. The molecular weight excluding hydrogens is 316 g/mol. The van der Waals surface area contributed by atoms with Crippen LogP contribution in [0.3, 0.4) is 0 Å². The molecule has 4 heteroatoms. The minimum Gasteiger partial charge on any atom is -0.394 e. The predicted octanol–water partition coefficient (Wildman–Crippen LogP) is 2.95. The highest BCUT2D eigenvalue weighted by Crippen LogP contribution is 2.65. The maximum atomic E-state index is 12.5. The summed E-state index contributed by atoms with van der Waals surface area (Å²) in [4.78, 5) is 12.5. The summed E-state index contributed by atoms with van der Waals surface area (Å²) in [5.74, 6) is 2.97. The molecule has 142 valence electrons. The van der Waals surface area contributed by atoms with Gasteiger partial charge in [-0.2, -0.15) is 0 Å². The molecule has 0 aromatic carbocycles. The number of carbonyl (C=O) groups excluding carboxylic acids is 1. The molecule has 8 atom stereocenters. The van der Waals surface area contributed by atoms with Gasteiger partial charge in [0.15, 0.2) is 0 Å². The lowest BCUT2D eigenvalue weighted by Crippen LogP contribution is -2.57. The van der Waals surface area contributed by atoms with Gasteiger partial charge < -0.3 is 14.9 Å². The Hall–Kier alpha value is -0.450. The fourth-order valence-corrected chi connectivity index (χ4v) is 7.40. The maximum Gasteiger partial charge on any atom is 0.139 e. The molecule has 0 aromatic rings. The van der Waals surface area contributed by atoms with E-state index >= 15 is 0 Å². The summed E-state index contributed by atoms with van der Waals surface area (Å²) >= 11 is 0. The van der Waals surface area contributed by atoms with Gasteiger partial charge in [0.2, 0.25) is 0 Å². The van der Waals surface area contributed by atoms with Gasteiger partial charge in [-0.3, -0.25) is 4.79 Å². The van der Waals surface area contributed by atoms with Crippen molar-refractivity contribution in [2.75, 3.05) is 13.2 Å². The molecule has 0 unspecified atom stereocenters. The number of hydrogen-bond acceptors (Lipinski definition) is 4. The number of aliphatic hydroxyl groups is 2. The van der Waals surface area contributed by atoms with E-state index in [1.807, 2.05) is 0 Å². The Labute approximate surface area is 151 Å². The molecule has 0 heterocycles. The van der Waals surface area contributed by atoms with Gasteiger partial charge in [-0.1, -0.05) is 13.8 Å². The first kappa shape index (κ1) is 17.9. The minimum atomic E-state index is -0.400. The van der Waals surface area contributed by atoms with E-state index in [1.165, 1.54) is 12.8 Å². The average Bonchev–Trinajstić information content (AvgIpc) is 2.89. The van der Waals surface area contributed by atoms with Crippen LogP contribution in [0.4, 0.5) is 0 Å². The molecule has 0 spiro atoms. The van der Waals surface area contributed by atoms with E-state index in [0.29, 0.717) is 36.1 Å². The van der Waals surface area contributed by atoms with Crippen molar-refractivity contribution in [1.82, 2.24) is 0 Å². The van der Waals surface area contributed by atoms with Crippen LogP contribution in [0.5, 0.6) is 0 Å². The number of hydrogen-bond donors (Lipinski definition) is 2. The maximum absolute atomic E-state index is 12.5. The molecular formula is C21H34O4. The predicted molar refractivity (Wildman–Crippen MR) is 94.9 cm³/mol. The molecule has 4 aliphatic rings. The van der Waals surface area contributed by atoms with Crippen molar-refractivity contribution in [1.29, 1.82) is 0 Å². The number of aliphatic hydroxyl groups excluding tert-OH is 2. The summed E-state index contributed by atoms with van der Waals surface area (Å²) in [6.07, 6.45) is 7.66. The number of carbonyl (C=O) groups is 1. The molecule has 4 rings (SSSR count). The first-order valence-corrected chi connectivity index (χ1v) is 10.3. The quantitative estimate of drug-likeness (QED) is 0.821. The zero-order chi connectivity index (χ0) is 17.8. The molecule has 0 saturated heterocycles. The number of ketones is 1. The smallest absolute Gasteiger partial charge is 0.139 e. The lowest BCUT2D eigenvalue weighted by molar-refractivity contribution is -0.173. The molecule has 4 aliphatic carbocycles. The number of Topliss-reactive ketones (excluding diaryl/α,β-unsaturated/α-hetero) is 1. The first-order chi connectivity index (χ1) is 11.9. The monoisotopic (exact) mass is 350 g/mol. The van der Waals surface area contributed by atoms with Gasteiger partial charge in [-0.05, 0) is 74.0 Å². The van der Waals surface area contributed by atoms with E-state index in [1.54, 1.807) is 0 Å². The van der Waals surface area contributed by atoms with Crippen LogP contribution in [0.2, 0.25) is 0 Å². The summed E-state index contributed by atoms with van der Waals surface area (Å²) in [5.41, 5.74) is 0.139. The van der Waals surface area contributed by atoms with E-state index in [2.05, 4.69) is 13.8 Å². The molecule has 0 aliphatic heterocycles. The van der Waals surface area contributed by atoms with Crippen LogP contribution >= 0.6 is 0 Å². The van der Waals surface area contributed by atoms with E-state index < -0.39 is 6.10 Å². The summed E-state index contributed by atoms with van der Waals surface area (Å²) < 4.78 is 5.81. The van der Waals surface area contributed by atoms with Crippen molar-refractivity contribution in [2.24, 2.45) is 34.5 Å². The molecule has 0 amide bonds. The fraction of sp³-hybridized carbons (Fsp3) is 0.952. The largest absolute Gasteiger partial charge is 0.394 e. The molecule has 4 saturated carbocycles. The van der Waals surface area contributed by atoms with Crippen LogP contribution in [0.1, 0.15) is 65.2 Å². The van der Waals surface area contributed by atoms with Crippen molar-refractivity contribution in [3.8, 4) is 0 Å². The molecule has 0 bridgehead atoms. The number of rotatable bonds is 3. The van der Waals surface area contributed by atoms with E-state index in [4.69, 9.17) is 9.84 Å². The zero-order valence-electron chi connectivity index (χ0n) is 15.7. The second-order valence-electron chi connectivity index (χ2n) is 9.71. The Bertz CT molecular complexity index is 534. The van der Waals surface area contributed by atoms with Crippen molar-refractivity contribution < 1.29 is 19.7 Å². The van der Waals surface area contributed by atoms with Gasteiger partial charge in [0.1, 0.15) is 5.78 Å². The third-order valence-corrected chi connectivity index (χ3v) is 8.79. The second kappa shape index (κ2) is 6.31. The molecule has 0 aromatic heterocycles. The first-order valence-electron chi connectivity index (χ1n) is 10.3. The Morgan fingerprint density at radius 2 is 1.96 bits per heavy atom. The van der Waals surface area contributed by atoms with Crippen LogP contribution in [0.15, 0.2) is 0 Å². The van der Waals surface area contributed by atoms with Crippen molar-refractivity contribution in [3.63, 3.8) is 0 Å². The van der Waals surface area contributed by atoms with Gasteiger partial charge in [-0.25, -0.2) is 0 Å². The second-order valence-corrected chi connectivity index (χ2v) is 9.71. The normalized spacial score (nSPS) is 52.4. The van der Waals surface area contributed by atoms with E-state index in [9.17, 15) is 9.90 Å². The highest BCUT2D eigenvalue weighted by Gasteiger charge is 2.61. The SMILES string of the molecule is C[C@]12C[C@@H](OCCO)[C@@H](O)C[C@@H]1CC[C@@H]1[C@@H]2CC[C@]2(C)C(=O)CC[C@@H]12. The summed E-state index contributed by atoms with van der Waals surface area (Å²) in [6.45, 7) is 4.98. The third-order valence-electron chi connectivity index (χ3n) is 8.79. The lowest BCUT2D eigenvalue weighted by atomic mass is 9.45. The summed E-state index contributed by atoms with van der Waals surface area (Å²) in [6, 6.07) is 0. The van der Waals surface area contributed by atoms with E-state index in [0.717, 1.165) is 38.5 Å². The number of ether oxygens (including phenoxy) is 1. The summed E-state index contributed by atoms with van der Waals surface area (Å²) in [5, 5.41) is 19.6. The number of fused-ring (bicyclic) bond motifs is 5. The highest BCUT2D eigenvalue weighted by atomic mass is 16.5. The van der Waals surface area contributed by atoms with Gasteiger partial charge in [0.25, 0.3) is 0 Å². The Morgan fingerprint density at radius 3 is 2.72 bits per heavy atom. The molecule has 0 radical (unpaired) electrons. The van der Waals surface area contributed by atoms with Gasteiger partial charge in [0.05, 0.1) is 25.4 Å². The zero-order valence-corrected chi connectivity index (χ0v) is 15.7. The Morgan fingerprint density at radius 1 is 1.16 bits per heavy atom. The van der Waals surface area contributed by atoms with Crippen LogP contribution < -0.4 is 0 Å². The third kappa shape index (κ3) is 2.62. The van der Waals surface area contributed by atoms with Crippen LogP contribution in [0.25, 0.3) is 0 Å². The summed E-state index contributed by atoms with van der Waals surface area (Å²) in [7, 11) is 0. The van der Waals surface area contributed by atoms with E-state index in [-0.39, 0.29) is 23.5 Å². The Kier molecular flexibility index (Phi) is 4.53. The average molecular weight is 350 g/mol. The molecule has 4 nitrogen and oxygen atoms in total.